The zero-order valence-electron chi connectivity index (χ0n) is 14.4. The zero-order chi connectivity index (χ0) is 19.7. The minimum atomic E-state index is -0.523. The first-order valence-corrected chi connectivity index (χ1v) is 8.46. The Balaban J connectivity index is 1.44. The van der Waals surface area contributed by atoms with E-state index in [1.54, 1.807) is 0 Å². The Kier molecular flexibility index (Phi) is 4.56. The number of nitrogens with one attached hydrogen (secondary N) is 1. The molecule has 0 spiro atoms. The summed E-state index contributed by atoms with van der Waals surface area (Å²) in [5.74, 6) is -1.63. The van der Waals surface area contributed by atoms with Crippen LogP contribution in [0.2, 0.25) is 0 Å². The summed E-state index contributed by atoms with van der Waals surface area (Å²) in [4.78, 5) is 25.9. The van der Waals surface area contributed by atoms with Crippen LogP contribution in [0.25, 0.3) is 0 Å². The lowest BCUT2D eigenvalue weighted by atomic mass is 10.1. The van der Waals surface area contributed by atoms with Gasteiger partial charge in [0.15, 0.2) is 0 Å². The fourth-order valence-electron chi connectivity index (χ4n) is 2.96. The van der Waals surface area contributed by atoms with E-state index in [0.717, 1.165) is 0 Å². The second-order valence-corrected chi connectivity index (χ2v) is 6.29. The molecule has 2 heterocycles. The maximum Gasteiger partial charge on any atom is 0.322 e. The molecular formula is C19H14F2N4O3. The van der Waals surface area contributed by atoms with Crippen LogP contribution in [0.3, 0.4) is 0 Å². The van der Waals surface area contributed by atoms with E-state index in [-0.39, 0.29) is 41.5 Å². The van der Waals surface area contributed by atoms with Crippen molar-refractivity contribution in [2.45, 2.75) is 12.3 Å². The number of amides is 2. The highest BCUT2D eigenvalue weighted by molar-refractivity contribution is 6.03. The van der Waals surface area contributed by atoms with E-state index in [2.05, 4.69) is 15.5 Å². The van der Waals surface area contributed by atoms with Crippen LogP contribution in [-0.4, -0.2) is 28.6 Å². The van der Waals surface area contributed by atoms with Crippen LogP contribution < -0.4 is 10.2 Å². The van der Waals surface area contributed by atoms with Gasteiger partial charge < -0.3 is 9.32 Å². The van der Waals surface area contributed by atoms with Gasteiger partial charge in [0.05, 0.1) is 5.92 Å². The zero-order valence-corrected chi connectivity index (χ0v) is 14.4. The molecule has 0 radical (unpaired) electrons. The molecule has 1 atom stereocenters. The first-order valence-electron chi connectivity index (χ1n) is 8.46. The molecule has 28 heavy (non-hydrogen) atoms. The van der Waals surface area contributed by atoms with E-state index >= 15 is 0 Å². The van der Waals surface area contributed by atoms with Crippen molar-refractivity contribution in [2.24, 2.45) is 0 Å². The van der Waals surface area contributed by atoms with Crippen LogP contribution in [-0.2, 0) is 4.79 Å². The number of benzene rings is 2. The third-order valence-electron chi connectivity index (χ3n) is 4.38. The summed E-state index contributed by atoms with van der Waals surface area (Å²) >= 11 is 0. The average molecular weight is 384 g/mol. The summed E-state index contributed by atoms with van der Waals surface area (Å²) in [6, 6.07) is 10.5. The summed E-state index contributed by atoms with van der Waals surface area (Å²) in [7, 11) is 0. The van der Waals surface area contributed by atoms with Gasteiger partial charge in [0.25, 0.3) is 5.91 Å². The van der Waals surface area contributed by atoms with Crippen molar-refractivity contribution in [2.75, 3.05) is 16.8 Å². The Hall–Kier alpha value is -3.62. The van der Waals surface area contributed by atoms with Crippen molar-refractivity contribution in [3.63, 3.8) is 0 Å². The van der Waals surface area contributed by atoms with Gasteiger partial charge in [0, 0.05) is 24.2 Å². The molecule has 0 unspecified atom stereocenters. The normalized spacial score (nSPS) is 16.4. The van der Waals surface area contributed by atoms with Gasteiger partial charge >= 0.3 is 6.01 Å². The third kappa shape index (κ3) is 3.59. The molecule has 1 saturated heterocycles. The number of aromatic nitrogens is 2. The molecule has 1 aromatic heterocycles. The number of nitrogens with zero attached hydrogens (tertiary/aromatic N) is 3. The number of halogens is 2. The fraction of sp³-hybridized carbons (Fsp3) is 0.158. The van der Waals surface area contributed by atoms with Crippen molar-refractivity contribution < 1.29 is 22.8 Å². The van der Waals surface area contributed by atoms with Crippen LogP contribution in [0.5, 0.6) is 0 Å². The Bertz CT molecular complexity index is 1020. The van der Waals surface area contributed by atoms with Gasteiger partial charge in [0.2, 0.25) is 11.8 Å². The standard InChI is InChI=1S/C19H14F2N4O3/c20-13-3-1-11(2-4-13)17(27)22-19-24-23-18(28-19)12-9-16(26)25(10-12)15-7-5-14(21)6-8-15/h1-8,12H,9-10H2,(H,22,24,27)/t12-/m1/s1. The Labute approximate surface area is 158 Å². The van der Waals surface area contributed by atoms with Crippen LogP contribution in [0.1, 0.15) is 28.6 Å². The molecular weight excluding hydrogens is 370 g/mol. The third-order valence-corrected chi connectivity index (χ3v) is 4.38. The van der Waals surface area contributed by atoms with Gasteiger partial charge in [-0.1, -0.05) is 5.10 Å². The molecule has 1 aliphatic rings. The Morgan fingerprint density at radius 3 is 2.36 bits per heavy atom. The van der Waals surface area contributed by atoms with Gasteiger partial charge in [-0.25, -0.2) is 8.78 Å². The average Bonchev–Trinajstić information content (AvgIpc) is 3.29. The predicted molar refractivity (Wildman–Crippen MR) is 94.8 cm³/mol. The van der Waals surface area contributed by atoms with Crippen molar-refractivity contribution in [3.8, 4) is 0 Å². The number of hydrogen-bond donors (Lipinski definition) is 1. The monoisotopic (exact) mass is 384 g/mol. The summed E-state index contributed by atoms with van der Waals surface area (Å²) < 4.78 is 31.5. The van der Waals surface area contributed by atoms with Crippen LogP contribution in [0.15, 0.2) is 52.9 Å². The van der Waals surface area contributed by atoms with Crippen LogP contribution >= 0.6 is 0 Å². The highest BCUT2D eigenvalue weighted by Crippen LogP contribution is 2.31. The largest absolute Gasteiger partial charge is 0.407 e. The minimum Gasteiger partial charge on any atom is -0.407 e. The van der Waals surface area contributed by atoms with E-state index in [0.29, 0.717) is 12.2 Å². The maximum atomic E-state index is 13.1. The maximum absolute atomic E-state index is 13.1. The number of anilines is 2. The van der Waals surface area contributed by atoms with E-state index in [1.807, 2.05) is 0 Å². The SMILES string of the molecule is O=C(Nc1nnc([C@@H]2CC(=O)N(c3ccc(F)cc3)C2)o1)c1ccc(F)cc1. The molecule has 9 heteroatoms. The number of hydrogen-bond acceptors (Lipinski definition) is 5. The van der Waals surface area contributed by atoms with E-state index in [9.17, 15) is 18.4 Å². The molecule has 4 rings (SSSR count). The van der Waals surface area contributed by atoms with Gasteiger partial charge in [-0.15, -0.1) is 5.10 Å². The van der Waals surface area contributed by atoms with Crippen molar-refractivity contribution in [1.29, 1.82) is 0 Å². The van der Waals surface area contributed by atoms with Gasteiger partial charge in [-0.2, -0.15) is 0 Å². The quantitative estimate of drug-likeness (QED) is 0.747. The number of rotatable bonds is 4. The predicted octanol–water partition coefficient (Wildman–Crippen LogP) is 3.12. The Morgan fingerprint density at radius 1 is 1.04 bits per heavy atom. The van der Waals surface area contributed by atoms with Gasteiger partial charge in [-0.05, 0) is 48.5 Å². The Morgan fingerprint density at radius 2 is 1.68 bits per heavy atom. The van der Waals surface area contributed by atoms with E-state index < -0.39 is 11.7 Å². The highest BCUT2D eigenvalue weighted by Gasteiger charge is 2.35. The number of carbonyl (C=O) groups excluding carboxylic acids is 2. The molecule has 2 amide bonds. The van der Waals surface area contributed by atoms with Gasteiger partial charge in [-0.3, -0.25) is 14.9 Å². The molecule has 2 aromatic carbocycles. The molecule has 1 N–H and O–H groups in total. The lowest BCUT2D eigenvalue weighted by Gasteiger charge is -2.15. The van der Waals surface area contributed by atoms with Crippen molar-refractivity contribution >= 4 is 23.5 Å². The summed E-state index contributed by atoms with van der Waals surface area (Å²) in [5.41, 5.74) is 0.818. The lowest BCUT2D eigenvalue weighted by Crippen LogP contribution is -2.24. The van der Waals surface area contributed by atoms with Crippen molar-refractivity contribution in [3.05, 3.63) is 71.6 Å². The molecule has 0 aliphatic carbocycles. The summed E-state index contributed by atoms with van der Waals surface area (Å²) in [6.45, 7) is 0.304. The van der Waals surface area contributed by atoms with Crippen LogP contribution in [0, 0.1) is 11.6 Å². The minimum absolute atomic E-state index is 0.114. The second-order valence-electron chi connectivity index (χ2n) is 6.29. The van der Waals surface area contributed by atoms with Crippen LogP contribution in [0.4, 0.5) is 20.5 Å². The smallest absolute Gasteiger partial charge is 0.322 e. The molecule has 7 nitrogen and oxygen atoms in total. The number of carbonyl (C=O) groups is 2. The summed E-state index contributed by atoms with van der Waals surface area (Å²) in [5, 5.41) is 10.1. The van der Waals surface area contributed by atoms with E-state index in [1.165, 1.54) is 53.4 Å². The molecule has 1 fully saturated rings. The molecule has 142 valence electrons. The first kappa shape index (κ1) is 17.8. The first-order chi connectivity index (χ1) is 13.5. The molecule has 0 bridgehead atoms. The molecule has 3 aromatic rings. The molecule has 0 saturated carbocycles. The van der Waals surface area contributed by atoms with Crippen molar-refractivity contribution in [1.82, 2.24) is 10.2 Å². The lowest BCUT2D eigenvalue weighted by molar-refractivity contribution is -0.117. The van der Waals surface area contributed by atoms with E-state index in [4.69, 9.17) is 4.42 Å². The molecule has 1 aliphatic heterocycles. The summed E-state index contributed by atoms with van der Waals surface area (Å²) in [6.07, 6.45) is 0.158. The second kappa shape index (κ2) is 7.18. The fourth-order valence-corrected chi connectivity index (χ4v) is 2.96. The highest BCUT2D eigenvalue weighted by atomic mass is 19.1. The van der Waals surface area contributed by atoms with Gasteiger partial charge in [0.1, 0.15) is 11.6 Å². The topological polar surface area (TPSA) is 88.3 Å².